The molecule has 3 aromatic rings. The zero-order chi connectivity index (χ0) is 13.4. The minimum atomic E-state index is -0.0620. The molecule has 19 heavy (non-hydrogen) atoms. The zero-order valence-electron chi connectivity index (χ0n) is 10.9. The van der Waals surface area contributed by atoms with E-state index < -0.39 is 0 Å². The van der Waals surface area contributed by atoms with Crippen LogP contribution in [0.5, 0.6) is 0 Å². The van der Waals surface area contributed by atoms with Gasteiger partial charge in [0.1, 0.15) is 5.69 Å². The number of hydrogen-bond acceptors (Lipinski definition) is 2. The van der Waals surface area contributed by atoms with Gasteiger partial charge in [-0.05, 0) is 24.6 Å². The fourth-order valence-electron chi connectivity index (χ4n) is 2.29. The summed E-state index contributed by atoms with van der Waals surface area (Å²) >= 11 is 0. The Kier molecular flexibility index (Phi) is 2.67. The molecule has 0 spiro atoms. The molecule has 0 amide bonds. The molecule has 0 aliphatic heterocycles. The third-order valence-corrected chi connectivity index (χ3v) is 3.38. The summed E-state index contributed by atoms with van der Waals surface area (Å²) in [6, 6.07) is 15.5. The quantitative estimate of drug-likeness (QED) is 0.665. The van der Waals surface area contributed by atoms with E-state index in [0.29, 0.717) is 5.69 Å². The summed E-state index contributed by atoms with van der Waals surface area (Å²) in [4.78, 5) is 17.0. The molecule has 0 unspecified atom stereocenters. The van der Waals surface area contributed by atoms with Crippen molar-refractivity contribution in [3.63, 3.8) is 0 Å². The van der Waals surface area contributed by atoms with Gasteiger partial charge in [-0.15, -0.1) is 0 Å². The van der Waals surface area contributed by atoms with E-state index in [9.17, 15) is 4.79 Å². The van der Waals surface area contributed by atoms with Crippen molar-refractivity contribution in [2.24, 2.45) is 7.05 Å². The average Bonchev–Trinajstić information content (AvgIpc) is 2.44. The maximum atomic E-state index is 12.4. The van der Waals surface area contributed by atoms with E-state index in [4.69, 9.17) is 0 Å². The number of para-hydroxylation sites is 2. The summed E-state index contributed by atoms with van der Waals surface area (Å²) in [7, 11) is 1.79. The number of benzene rings is 2. The summed E-state index contributed by atoms with van der Waals surface area (Å²) in [5.41, 5.74) is 4.09. The van der Waals surface area contributed by atoms with E-state index in [1.54, 1.807) is 11.6 Å². The van der Waals surface area contributed by atoms with Crippen LogP contribution in [-0.4, -0.2) is 9.55 Å². The van der Waals surface area contributed by atoms with Gasteiger partial charge in [-0.2, -0.15) is 0 Å². The molecule has 0 aliphatic carbocycles. The molecule has 0 radical (unpaired) electrons. The largest absolute Gasteiger partial charge is 0.308 e. The van der Waals surface area contributed by atoms with Crippen LogP contribution in [0.1, 0.15) is 5.56 Å². The molecule has 0 saturated heterocycles. The van der Waals surface area contributed by atoms with E-state index in [0.717, 1.165) is 22.2 Å². The van der Waals surface area contributed by atoms with Gasteiger partial charge in [0, 0.05) is 12.6 Å². The smallest absolute Gasteiger partial charge is 0.277 e. The molecule has 0 atom stereocenters. The van der Waals surface area contributed by atoms with Crippen LogP contribution >= 0.6 is 0 Å². The van der Waals surface area contributed by atoms with E-state index in [1.807, 2.05) is 55.5 Å². The molecule has 0 N–H and O–H groups in total. The Hall–Kier alpha value is -2.42. The molecule has 0 bridgehead atoms. The van der Waals surface area contributed by atoms with Crippen LogP contribution in [-0.2, 0) is 7.05 Å². The minimum Gasteiger partial charge on any atom is -0.308 e. The summed E-state index contributed by atoms with van der Waals surface area (Å²) < 4.78 is 1.66. The molecule has 1 aromatic heterocycles. The van der Waals surface area contributed by atoms with Crippen molar-refractivity contribution in [3.05, 3.63) is 64.4 Å². The highest BCUT2D eigenvalue weighted by atomic mass is 16.1. The van der Waals surface area contributed by atoms with Crippen molar-refractivity contribution >= 4 is 11.0 Å². The first kappa shape index (κ1) is 11.7. The van der Waals surface area contributed by atoms with Gasteiger partial charge in [-0.3, -0.25) is 4.79 Å². The molecule has 3 rings (SSSR count). The molecule has 2 aromatic carbocycles. The Morgan fingerprint density at radius 3 is 2.47 bits per heavy atom. The fourth-order valence-corrected chi connectivity index (χ4v) is 2.29. The Morgan fingerprint density at radius 2 is 1.68 bits per heavy atom. The molecular weight excluding hydrogens is 236 g/mol. The number of aromatic nitrogens is 2. The van der Waals surface area contributed by atoms with Gasteiger partial charge in [0.25, 0.3) is 5.56 Å². The lowest BCUT2D eigenvalue weighted by atomic mass is 10.1. The number of nitrogens with zero attached hydrogens (tertiary/aromatic N) is 2. The number of aryl methyl sites for hydroxylation is 2. The van der Waals surface area contributed by atoms with Crippen LogP contribution in [0.4, 0.5) is 0 Å². The fraction of sp³-hybridized carbons (Fsp3) is 0.125. The van der Waals surface area contributed by atoms with Crippen molar-refractivity contribution in [2.45, 2.75) is 6.92 Å². The highest BCUT2D eigenvalue weighted by Gasteiger charge is 2.11. The van der Waals surface area contributed by atoms with Gasteiger partial charge in [0.2, 0.25) is 0 Å². The Bertz CT molecular complexity index is 818. The van der Waals surface area contributed by atoms with Crippen LogP contribution in [0.2, 0.25) is 0 Å². The predicted octanol–water partition coefficient (Wildman–Crippen LogP) is 2.91. The lowest BCUT2D eigenvalue weighted by Gasteiger charge is -2.09. The van der Waals surface area contributed by atoms with Crippen molar-refractivity contribution in [3.8, 4) is 11.3 Å². The van der Waals surface area contributed by atoms with E-state index in [1.165, 1.54) is 0 Å². The molecule has 0 aliphatic rings. The Morgan fingerprint density at radius 1 is 1.00 bits per heavy atom. The van der Waals surface area contributed by atoms with Crippen molar-refractivity contribution in [1.29, 1.82) is 0 Å². The molecule has 3 nitrogen and oxygen atoms in total. The van der Waals surface area contributed by atoms with E-state index >= 15 is 0 Å². The Labute approximate surface area is 111 Å². The molecule has 0 saturated carbocycles. The summed E-state index contributed by atoms with van der Waals surface area (Å²) in [5, 5.41) is 0. The van der Waals surface area contributed by atoms with Crippen LogP contribution in [0, 0.1) is 6.92 Å². The van der Waals surface area contributed by atoms with Gasteiger partial charge in [-0.1, -0.05) is 36.4 Å². The normalized spacial score (nSPS) is 10.8. The Balaban J connectivity index is 2.40. The van der Waals surface area contributed by atoms with Gasteiger partial charge < -0.3 is 4.57 Å². The van der Waals surface area contributed by atoms with Gasteiger partial charge in [0.05, 0.1) is 11.0 Å². The van der Waals surface area contributed by atoms with Crippen LogP contribution in [0.3, 0.4) is 0 Å². The molecule has 0 fully saturated rings. The van der Waals surface area contributed by atoms with Crippen LogP contribution in [0.25, 0.3) is 22.3 Å². The molecular formula is C16H14N2O. The highest BCUT2D eigenvalue weighted by molar-refractivity contribution is 5.78. The first-order valence-corrected chi connectivity index (χ1v) is 6.20. The number of rotatable bonds is 1. The topological polar surface area (TPSA) is 34.9 Å². The minimum absolute atomic E-state index is 0.0620. The third kappa shape index (κ3) is 1.83. The summed E-state index contributed by atoms with van der Waals surface area (Å²) in [5.74, 6) is 0. The maximum absolute atomic E-state index is 12.4. The SMILES string of the molecule is Cc1ccccc1-c1nc2ccccc2n(C)c1=O. The lowest BCUT2D eigenvalue weighted by Crippen LogP contribution is -2.21. The highest BCUT2D eigenvalue weighted by Crippen LogP contribution is 2.20. The number of fused-ring (bicyclic) bond motifs is 1. The van der Waals surface area contributed by atoms with Gasteiger partial charge in [0.15, 0.2) is 0 Å². The summed E-state index contributed by atoms with van der Waals surface area (Å²) in [6.07, 6.45) is 0. The maximum Gasteiger partial charge on any atom is 0.277 e. The van der Waals surface area contributed by atoms with Crippen molar-refractivity contribution < 1.29 is 0 Å². The second-order valence-corrected chi connectivity index (χ2v) is 4.63. The van der Waals surface area contributed by atoms with Gasteiger partial charge in [-0.25, -0.2) is 4.98 Å². The zero-order valence-corrected chi connectivity index (χ0v) is 10.9. The van der Waals surface area contributed by atoms with Crippen LogP contribution < -0.4 is 5.56 Å². The lowest BCUT2D eigenvalue weighted by molar-refractivity contribution is 0.895. The van der Waals surface area contributed by atoms with Crippen molar-refractivity contribution in [2.75, 3.05) is 0 Å². The second-order valence-electron chi connectivity index (χ2n) is 4.63. The number of hydrogen-bond donors (Lipinski definition) is 0. The van der Waals surface area contributed by atoms with Gasteiger partial charge >= 0.3 is 0 Å². The molecule has 3 heteroatoms. The van der Waals surface area contributed by atoms with Crippen molar-refractivity contribution in [1.82, 2.24) is 9.55 Å². The van der Waals surface area contributed by atoms with Crippen LogP contribution in [0.15, 0.2) is 53.3 Å². The average molecular weight is 250 g/mol. The standard InChI is InChI=1S/C16H14N2O/c1-11-7-3-4-8-12(11)15-16(19)18(2)14-10-6-5-9-13(14)17-15/h3-10H,1-2H3. The summed E-state index contributed by atoms with van der Waals surface area (Å²) in [6.45, 7) is 1.99. The molecule has 1 heterocycles. The molecule has 94 valence electrons. The second kappa shape index (κ2) is 4.35. The first-order valence-electron chi connectivity index (χ1n) is 6.20. The third-order valence-electron chi connectivity index (χ3n) is 3.38. The first-order chi connectivity index (χ1) is 9.18. The predicted molar refractivity (Wildman–Crippen MR) is 77.2 cm³/mol. The van der Waals surface area contributed by atoms with E-state index in [2.05, 4.69) is 4.98 Å². The monoisotopic (exact) mass is 250 g/mol. The van der Waals surface area contributed by atoms with E-state index in [-0.39, 0.29) is 5.56 Å².